The van der Waals surface area contributed by atoms with Crippen LogP contribution >= 0.6 is 11.3 Å². The second-order valence-electron chi connectivity index (χ2n) is 8.26. The molecule has 3 aliphatic rings. The Morgan fingerprint density at radius 1 is 1.41 bits per heavy atom. The number of likely N-dealkylation sites (tertiary alicyclic amines) is 1. The van der Waals surface area contributed by atoms with Crippen LogP contribution in [0.15, 0.2) is 16.8 Å². The first kappa shape index (κ1) is 18.7. The average molecular weight is 392 g/mol. The van der Waals surface area contributed by atoms with Crippen molar-refractivity contribution in [2.24, 2.45) is 11.3 Å². The van der Waals surface area contributed by atoms with Crippen LogP contribution in [0.3, 0.4) is 0 Å². The fourth-order valence-corrected chi connectivity index (χ4v) is 5.23. The third kappa shape index (κ3) is 4.14. The maximum Gasteiger partial charge on any atom is 0.317 e. The molecule has 7 heteroatoms. The van der Waals surface area contributed by atoms with Crippen molar-refractivity contribution in [3.63, 3.8) is 0 Å². The van der Waals surface area contributed by atoms with Crippen LogP contribution in [-0.4, -0.2) is 60.6 Å². The van der Waals surface area contributed by atoms with Crippen molar-refractivity contribution in [3.8, 4) is 0 Å². The summed E-state index contributed by atoms with van der Waals surface area (Å²) in [6.07, 6.45) is 4.09. The monoisotopic (exact) mass is 391 g/mol. The van der Waals surface area contributed by atoms with Crippen molar-refractivity contribution >= 4 is 23.3 Å². The number of piperidine rings is 1. The van der Waals surface area contributed by atoms with E-state index in [-0.39, 0.29) is 17.4 Å². The molecule has 3 fully saturated rings. The fraction of sp³-hybridized carbons (Fsp3) is 0.700. The Hall–Kier alpha value is -1.60. The molecule has 2 saturated heterocycles. The molecule has 1 aromatic heterocycles. The van der Waals surface area contributed by atoms with Gasteiger partial charge in [-0.2, -0.15) is 11.3 Å². The number of hydrogen-bond donors (Lipinski definition) is 1. The molecule has 148 valence electrons. The molecule has 1 spiro atoms. The van der Waals surface area contributed by atoms with E-state index >= 15 is 0 Å². The number of hydrogen-bond acceptors (Lipinski definition) is 4. The third-order valence-electron chi connectivity index (χ3n) is 6.47. The number of thiophene rings is 1. The topological polar surface area (TPSA) is 61.9 Å². The van der Waals surface area contributed by atoms with Crippen molar-refractivity contribution < 1.29 is 14.3 Å². The molecule has 6 nitrogen and oxygen atoms in total. The molecular formula is C20H29N3O3S. The number of urea groups is 1. The Bertz CT molecular complexity index is 664. The van der Waals surface area contributed by atoms with Crippen LogP contribution in [0.4, 0.5) is 4.79 Å². The predicted molar refractivity (Wildman–Crippen MR) is 105 cm³/mol. The highest BCUT2D eigenvalue weighted by atomic mass is 32.1. The van der Waals surface area contributed by atoms with Gasteiger partial charge in [0, 0.05) is 51.7 Å². The summed E-state index contributed by atoms with van der Waals surface area (Å²) in [7, 11) is 0. The van der Waals surface area contributed by atoms with Crippen molar-refractivity contribution in [2.75, 3.05) is 32.8 Å². The highest BCUT2D eigenvalue weighted by molar-refractivity contribution is 7.07. The number of ether oxygens (including phenoxy) is 1. The standard InChI is InChI=1S/C20H29N3O3S/c1-15(24)23(12-17-3-9-27-14-17)18-10-20(18)4-6-22(7-5-20)19(25)21-11-16-2-8-26-13-16/h3,9,14,16,18H,2,4-8,10-13H2,1H3,(H,21,25)/t16-,18+/m0/s1. The van der Waals surface area contributed by atoms with Crippen molar-refractivity contribution in [1.82, 2.24) is 15.1 Å². The van der Waals surface area contributed by atoms with E-state index in [9.17, 15) is 9.59 Å². The van der Waals surface area contributed by atoms with Crippen LogP contribution in [0.2, 0.25) is 0 Å². The van der Waals surface area contributed by atoms with E-state index in [0.29, 0.717) is 25.0 Å². The minimum Gasteiger partial charge on any atom is -0.381 e. The minimum absolute atomic E-state index is 0.0515. The van der Waals surface area contributed by atoms with Crippen molar-refractivity contribution in [1.29, 1.82) is 0 Å². The Morgan fingerprint density at radius 2 is 2.22 bits per heavy atom. The van der Waals surface area contributed by atoms with E-state index in [1.54, 1.807) is 18.3 Å². The molecule has 27 heavy (non-hydrogen) atoms. The molecule has 3 amide bonds. The fourth-order valence-electron chi connectivity index (χ4n) is 4.57. The first-order valence-corrected chi connectivity index (χ1v) is 10.9. The van der Waals surface area contributed by atoms with Gasteiger partial charge in [-0.1, -0.05) is 0 Å². The van der Waals surface area contributed by atoms with Gasteiger partial charge >= 0.3 is 6.03 Å². The number of carbonyl (C=O) groups is 2. The van der Waals surface area contributed by atoms with E-state index in [4.69, 9.17) is 4.74 Å². The summed E-state index contributed by atoms with van der Waals surface area (Å²) in [6.45, 7) is 6.23. The molecule has 0 aromatic carbocycles. The number of amides is 3. The van der Waals surface area contributed by atoms with Gasteiger partial charge in [0.25, 0.3) is 0 Å². The van der Waals surface area contributed by atoms with E-state index < -0.39 is 0 Å². The summed E-state index contributed by atoms with van der Waals surface area (Å²) in [5.74, 6) is 0.612. The lowest BCUT2D eigenvalue weighted by Crippen LogP contribution is -2.47. The molecule has 0 unspecified atom stereocenters. The Kier molecular flexibility index (Phi) is 5.41. The van der Waals surface area contributed by atoms with Gasteiger partial charge in [-0.05, 0) is 53.5 Å². The van der Waals surface area contributed by atoms with Gasteiger partial charge in [0.1, 0.15) is 0 Å². The molecule has 1 aromatic rings. The quantitative estimate of drug-likeness (QED) is 0.839. The molecule has 2 atom stereocenters. The lowest BCUT2D eigenvalue weighted by Gasteiger charge is -2.35. The first-order chi connectivity index (χ1) is 13.1. The Labute approximate surface area is 164 Å². The summed E-state index contributed by atoms with van der Waals surface area (Å²) in [4.78, 5) is 28.6. The van der Waals surface area contributed by atoms with Gasteiger partial charge in [-0.3, -0.25) is 4.79 Å². The molecule has 1 N–H and O–H groups in total. The highest BCUT2D eigenvalue weighted by Crippen LogP contribution is 2.57. The number of nitrogens with one attached hydrogen (secondary N) is 1. The summed E-state index contributed by atoms with van der Waals surface area (Å²) < 4.78 is 5.36. The SMILES string of the molecule is CC(=O)N(Cc1ccsc1)[C@@H]1CC12CCN(C(=O)NC[C@@H]1CCOC1)CC2. The van der Waals surface area contributed by atoms with Gasteiger partial charge in [0.05, 0.1) is 6.61 Å². The van der Waals surface area contributed by atoms with Crippen LogP contribution in [0.25, 0.3) is 0 Å². The van der Waals surface area contributed by atoms with E-state index in [2.05, 4.69) is 22.1 Å². The Balaban J connectivity index is 1.27. The number of rotatable bonds is 5. The third-order valence-corrected chi connectivity index (χ3v) is 7.20. The van der Waals surface area contributed by atoms with Crippen LogP contribution in [0, 0.1) is 11.3 Å². The largest absolute Gasteiger partial charge is 0.381 e. The lowest BCUT2D eigenvalue weighted by molar-refractivity contribution is -0.130. The van der Waals surface area contributed by atoms with Crippen LogP contribution in [-0.2, 0) is 16.1 Å². The summed E-state index contributed by atoms with van der Waals surface area (Å²) in [5, 5.41) is 7.25. The minimum atomic E-state index is 0.0515. The average Bonchev–Trinajstić information content (AvgIpc) is 3.08. The summed E-state index contributed by atoms with van der Waals surface area (Å²) in [5.41, 5.74) is 1.43. The smallest absolute Gasteiger partial charge is 0.317 e. The number of nitrogens with zero attached hydrogens (tertiary/aromatic N) is 2. The maximum atomic E-state index is 12.4. The maximum absolute atomic E-state index is 12.4. The Morgan fingerprint density at radius 3 is 2.85 bits per heavy atom. The molecule has 0 bridgehead atoms. The van der Waals surface area contributed by atoms with Gasteiger partial charge in [-0.15, -0.1) is 0 Å². The number of carbonyl (C=O) groups excluding carboxylic acids is 2. The summed E-state index contributed by atoms with van der Waals surface area (Å²) in [6, 6.07) is 2.48. The molecule has 1 aliphatic carbocycles. The second kappa shape index (κ2) is 7.80. The molecular weight excluding hydrogens is 362 g/mol. The van der Waals surface area contributed by atoms with Gasteiger partial charge in [0.15, 0.2) is 0 Å². The van der Waals surface area contributed by atoms with Gasteiger partial charge in [-0.25, -0.2) is 4.79 Å². The van der Waals surface area contributed by atoms with E-state index in [1.807, 2.05) is 9.80 Å². The van der Waals surface area contributed by atoms with E-state index in [0.717, 1.165) is 52.0 Å². The van der Waals surface area contributed by atoms with Gasteiger partial charge < -0.3 is 19.9 Å². The van der Waals surface area contributed by atoms with Gasteiger partial charge in [0.2, 0.25) is 5.91 Å². The van der Waals surface area contributed by atoms with Crippen LogP contribution in [0.5, 0.6) is 0 Å². The van der Waals surface area contributed by atoms with Crippen LogP contribution in [0.1, 0.15) is 38.2 Å². The molecule has 1 saturated carbocycles. The molecule has 4 rings (SSSR count). The predicted octanol–water partition coefficient (Wildman–Crippen LogP) is 2.70. The first-order valence-electron chi connectivity index (χ1n) is 9.96. The van der Waals surface area contributed by atoms with Crippen LogP contribution < -0.4 is 5.32 Å². The zero-order valence-electron chi connectivity index (χ0n) is 16.0. The lowest BCUT2D eigenvalue weighted by atomic mass is 9.92. The normalized spacial score (nSPS) is 26.2. The van der Waals surface area contributed by atoms with Crippen molar-refractivity contribution in [2.45, 2.75) is 45.2 Å². The highest BCUT2D eigenvalue weighted by Gasteiger charge is 2.58. The van der Waals surface area contributed by atoms with E-state index in [1.165, 1.54) is 5.56 Å². The summed E-state index contributed by atoms with van der Waals surface area (Å²) >= 11 is 1.67. The zero-order chi connectivity index (χ0) is 18.9. The zero-order valence-corrected chi connectivity index (χ0v) is 16.8. The molecule has 0 radical (unpaired) electrons. The molecule has 2 aliphatic heterocycles. The van der Waals surface area contributed by atoms with Crippen molar-refractivity contribution in [3.05, 3.63) is 22.4 Å². The second-order valence-corrected chi connectivity index (χ2v) is 9.04. The molecule has 3 heterocycles.